The van der Waals surface area contributed by atoms with E-state index in [0.29, 0.717) is 41.6 Å². The van der Waals surface area contributed by atoms with Gasteiger partial charge in [0.25, 0.3) is 0 Å². The third-order valence-electron chi connectivity index (χ3n) is 10.5. The van der Waals surface area contributed by atoms with Gasteiger partial charge < -0.3 is 43.8 Å². The van der Waals surface area contributed by atoms with Gasteiger partial charge in [-0.1, -0.05) is 18.7 Å². The van der Waals surface area contributed by atoms with E-state index in [0.717, 1.165) is 33.4 Å². The molecule has 2 amide bonds. The van der Waals surface area contributed by atoms with Crippen molar-refractivity contribution in [2.24, 2.45) is 0 Å². The Bertz CT molecular complexity index is 1820. The number of carbonyl (C=O) groups is 2. The minimum absolute atomic E-state index is 0.0231. The summed E-state index contributed by atoms with van der Waals surface area (Å²) in [5.41, 5.74) is 4.77. The molecule has 0 radical (unpaired) electrons. The van der Waals surface area contributed by atoms with E-state index >= 15 is 0 Å². The minimum Gasteiger partial charge on any atom is -0.493 e. The van der Waals surface area contributed by atoms with Crippen LogP contribution in [0.3, 0.4) is 0 Å². The molecule has 53 heavy (non-hydrogen) atoms. The van der Waals surface area contributed by atoms with Gasteiger partial charge in [-0.2, -0.15) is 5.26 Å². The van der Waals surface area contributed by atoms with Crippen LogP contribution in [0.1, 0.15) is 73.2 Å². The summed E-state index contributed by atoms with van der Waals surface area (Å²) >= 11 is 0. The SMILES string of the molecule is C=CCOc1c(C)c2c(c3c1CC1C4c5c(cc(C)c(OC)c5OCOC)CC([C@H](C#N)N1C3CNC(=O)C(C)NC(=O)OC(C)(C)C)N4C)OCO2. The van der Waals surface area contributed by atoms with Crippen molar-refractivity contribution in [2.75, 3.05) is 48.0 Å². The van der Waals surface area contributed by atoms with Crippen LogP contribution >= 0.6 is 0 Å². The number of benzene rings is 2. The molecule has 4 aliphatic rings. The number of ether oxygens (including phenoxy) is 7. The molecule has 4 aliphatic heterocycles. The number of fused-ring (bicyclic) bond motifs is 9. The average Bonchev–Trinajstić information content (AvgIpc) is 3.59. The number of alkyl carbamates (subject to hydrolysis) is 1. The molecule has 0 spiro atoms. The molecule has 6 atom stereocenters. The van der Waals surface area contributed by atoms with Crippen molar-refractivity contribution in [1.82, 2.24) is 20.4 Å². The lowest BCUT2D eigenvalue weighted by Crippen LogP contribution is -2.69. The van der Waals surface area contributed by atoms with Crippen LogP contribution in [-0.2, 0) is 27.1 Å². The Labute approximate surface area is 311 Å². The van der Waals surface area contributed by atoms with Crippen LogP contribution < -0.4 is 34.3 Å². The van der Waals surface area contributed by atoms with E-state index in [1.807, 2.05) is 13.8 Å². The van der Waals surface area contributed by atoms with E-state index in [1.54, 1.807) is 48.0 Å². The molecule has 1 fully saturated rings. The highest BCUT2D eigenvalue weighted by Gasteiger charge is 2.57. The lowest BCUT2D eigenvalue weighted by atomic mass is 9.71. The van der Waals surface area contributed by atoms with Gasteiger partial charge in [0, 0.05) is 48.0 Å². The zero-order valence-electron chi connectivity index (χ0n) is 32.1. The van der Waals surface area contributed by atoms with E-state index in [9.17, 15) is 14.9 Å². The monoisotopic (exact) mass is 733 g/mol. The summed E-state index contributed by atoms with van der Waals surface area (Å²) in [6.07, 6.45) is 2.07. The first kappa shape index (κ1) is 38.0. The van der Waals surface area contributed by atoms with Crippen LogP contribution in [0, 0.1) is 25.2 Å². The minimum atomic E-state index is -0.903. The Hall–Kier alpha value is -4.71. The van der Waals surface area contributed by atoms with E-state index in [-0.39, 0.29) is 44.9 Å². The van der Waals surface area contributed by atoms with Crippen molar-refractivity contribution in [3.8, 4) is 34.8 Å². The standard InChI is InChI=1S/C39H51N5O9/c1-11-12-49-33-21(3)34-36(52-19-51-34)30-24(33)15-26-31-29-23(13-20(2)32(48-10)35(29)50-18-47-9)14-25(43(31)8)27(16-40)44(26)28(30)17-41-37(45)22(4)42-38(46)53-39(5,6)7/h11,13,22,25-28,31H,1,12,14-15,17-19H2,2-10H3,(H,41,45)(H,42,46)/t22?,25?,26?,27-,28?,31?/m0/s1. The van der Waals surface area contributed by atoms with Gasteiger partial charge in [-0.05, 0) is 72.6 Å². The van der Waals surface area contributed by atoms with Crippen molar-refractivity contribution < 1.29 is 42.7 Å². The Morgan fingerprint density at radius 3 is 2.49 bits per heavy atom. The van der Waals surface area contributed by atoms with Crippen molar-refractivity contribution in [3.05, 3.63) is 52.1 Å². The summed E-state index contributed by atoms with van der Waals surface area (Å²) in [4.78, 5) is 30.7. The number of amides is 2. The molecule has 14 heteroatoms. The summed E-state index contributed by atoms with van der Waals surface area (Å²) < 4.78 is 41.6. The molecule has 0 saturated carbocycles. The predicted octanol–water partition coefficient (Wildman–Crippen LogP) is 4.39. The largest absolute Gasteiger partial charge is 0.493 e. The van der Waals surface area contributed by atoms with Crippen LogP contribution in [0.15, 0.2) is 18.7 Å². The fourth-order valence-electron chi connectivity index (χ4n) is 8.50. The number of aryl methyl sites for hydroxylation is 1. The number of hydrogen-bond donors (Lipinski definition) is 2. The smallest absolute Gasteiger partial charge is 0.408 e. The fourth-order valence-corrected chi connectivity index (χ4v) is 8.50. The van der Waals surface area contributed by atoms with Crippen LogP contribution in [-0.4, -0.2) is 99.6 Å². The lowest BCUT2D eigenvalue weighted by Gasteiger charge is -2.60. The molecule has 2 bridgehead atoms. The maximum Gasteiger partial charge on any atom is 0.408 e. The van der Waals surface area contributed by atoms with Crippen LogP contribution in [0.2, 0.25) is 0 Å². The second-order valence-corrected chi connectivity index (χ2v) is 15.0. The highest BCUT2D eigenvalue weighted by atomic mass is 16.7. The molecular formula is C39H51N5O9. The quantitative estimate of drug-likeness (QED) is 0.249. The van der Waals surface area contributed by atoms with Gasteiger partial charge in [0.15, 0.2) is 29.8 Å². The summed E-state index contributed by atoms with van der Waals surface area (Å²) in [6, 6.07) is 2.01. The lowest BCUT2D eigenvalue weighted by molar-refractivity contribution is -0.123. The Morgan fingerprint density at radius 1 is 1.09 bits per heavy atom. The number of nitrogens with one attached hydrogen (secondary N) is 2. The molecule has 6 rings (SSSR count). The maximum absolute atomic E-state index is 13.7. The van der Waals surface area contributed by atoms with E-state index < -0.39 is 35.7 Å². The number of nitrogens with zero attached hydrogens (tertiary/aromatic N) is 3. The number of hydrogen-bond acceptors (Lipinski definition) is 12. The third-order valence-corrected chi connectivity index (χ3v) is 10.5. The van der Waals surface area contributed by atoms with E-state index in [2.05, 4.69) is 46.2 Å². The molecular weight excluding hydrogens is 682 g/mol. The summed E-state index contributed by atoms with van der Waals surface area (Å²) in [5.74, 6) is 2.63. The average molecular weight is 734 g/mol. The first-order valence-electron chi connectivity index (χ1n) is 17.9. The zero-order chi connectivity index (χ0) is 38.4. The van der Waals surface area contributed by atoms with Gasteiger partial charge in [-0.15, -0.1) is 0 Å². The van der Waals surface area contributed by atoms with Crippen LogP contribution in [0.4, 0.5) is 4.79 Å². The molecule has 2 N–H and O–H groups in total. The molecule has 14 nitrogen and oxygen atoms in total. The van der Waals surface area contributed by atoms with Crippen molar-refractivity contribution in [3.63, 3.8) is 0 Å². The fraction of sp³-hybridized carbons (Fsp3) is 0.564. The zero-order valence-corrected chi connectivity index (χ0v) is 32.1. The Balaban J connectivity index is 1.50. The molecule has 0 aromatic heterocycles. The number of nitriles is 1. The van der Waals surface area contributed by atoms with Gasteiger partial charge in [-0.25, -0.2) is 4.79 Å². The second kappa shape index (κ2) is 15.0. The van der Waals surface area contributed by atoms with E-state index in [1.165, 1.54) is 0 Å². The molecule has 286 valence electrons. The van der Waals surface area contributed by atoms with E-state index in [4.69, 9.17) is 33.2 Å². The van der Waals surface area contributed by atoms with Gasteiger partial charge >= 0.3 is 6.09 Å². The number of carbonyl (C=O) groups excluding carboxylic acids is 2. The number of piperazine rings is 1. The van der Waals surface area contributed by atoms with Gasteiger partial charge in [0.2, 0.25) is 12.7 Å². The summed E-state index contributed by atoms with van der Waals surface area (Å²) in [7, 11) is 5.27. The van der Waals surface area contributed by atoms with Crippen molar-refractivity contribution >= 4 is 12.0 Å². The normalized spacial score (nSPS) is 23.4. The Morgan fingerprint density at radius 2 is 1.83 bits per heavy atom. The van der Waals surface area contributed by atoms with Gasteiger partial charge in [0.05, 0.1) is 25.3 Å². The predicted molar refractivity (Wildman–Crippen MR) is 195 cm³/mol. The second-order valence-electron chi connectivity index (χ2n) is 15.0. The molecule has 0 aliphatic carbocycles. The molecule has 1 saturated heterocycles. The molecule has 2 aromatic rings. The Kier molecular flexibility index (Phi) is 10.7. The molecule has 5 unspecified atom stereocenters. The first-order valence-corrected chi connectivity index (χ1v) is 17.9. The topological polar surface area (TPSA) is 153 Å². The highest BCUT2D eigenvalue weighted by Crippen LogP contribution is 2.58. The van der Waals surface area contributed by atoms with Gasteiger partial charge in [0.1, 0.15) is 30.0 Å². The highest BCUT2D eigenvalue weighted by molar-refractivity contribution is 5.85. The van der Waals surface area contributed by atoms with Gasteiger partial charge in [-0.3, -0.25) is 14.6 Å². The third kappa shape index (κ3) is 6.82. The first-order chi connectivity index (χ1) is 25.3. The maximum atomic E-state index is 13.7. The van der Waals surface area contributed by atoms with Crippen LogP contribution in [0.5, 0.6) is 28.7 Å². The molecule has 2 aromatic carbocycles. The van der Waals surface area contributed by atoms with Crippen LogP contribution in [0.25, 0.3) is 0 Å². The number of rotatable bonds is 11. The summed E-state index contributed by atoms with van der Waals surface area (Å²) in [5, 5.41) is 16.7. The molecule has 4 heterocycles. The number of methoxy groups -OCH3 is 2. The van der Waals surface area contributed by atoms with Crippen molar-refractivity contribution in [1.29, 1.82) is 5.26 Å². The summed E-state index contributed by atoms with van der Waals surface area (Å²) in [6.45, 7) is 15.1. The van der Waals surface area contributed by atoms with Crippen molar-refractivity contribution in [2.45, 2.75) is 96.2 Å². The number of likely N-dealkylation sites (N-methyl/N-ethyl adjacent to an activating group) is 1.